The molecule has 0 aliphatic heterocycles. The number of benzene rings is 1. The second-order valence-electron chi connectivity index (χ2n) is 4.56. The minimum atomic E-state index is 0.484. The smallest absolute Gasteiger partial charge is 0.194 e. The number of aromatic nitrogens is 2. The van der Waals surface area contributed by atoms with Crippen LogP contribution in [0.4, 0.5) is 0 Å². The van der Waals surface area contributed by atoms with E-state index in [1.54, 1.807) is 11.3 Å². The van der Waals surface area contributed by atoms with Crippen molar-refractivity contribution in [2.75, 3.05) is 0 Å². The number of alkyl halides is 1. The Bertz CT molecular complexity index is 710. The number of nitrogens with zero attached hydrogens (tertiary/aromatic N) is 2. The Labute approximate surface area is 121 Å². The number of aryl methyl sites for hydroxylation is 2. The minimum Gasteiger partial charge on any atom is -0.286 e. The van der Waals surface area contributed by atoms with Gasteiger partial charge < -0.3 is 0 Å². The normalized spacial score (nSPS) is 11.3. The summed E-state index contributed by atoms with van der Waals surface area (Å²) in [6.45, 7) is 4.31. The number of fused-ring (bicyclic) bond motifs is 1. The molecule has 0 aliphatic rings. The van der Waals surface area contributed by atoms with E-state index in [9.17, 15) is 0 Å². The first-order valence-electron chi connectivity index (χ1n) is 6.35. The molecule has 98 valence electrons. The predicted molar refractivity (Wildman–Crippen MR) is 82.2 cm³/mol. The molecule has 2 aromatic heterocycles. The molecule has 0 radical (unpaired) electrons. The lowest BCUT2D eigenvalue weighted by molar-refractivity contribution is 1.11. The average molecular weight is 291 g/mol. The molecule has 19 heavy (non-hydrogen) atoms. The summed E-state index contributed by atoms with van der Waals surface area (Å²) in [6, 6.07) is 8.75. The van der Waals surface area contributed by atoms with Crippen LogP contribution in [0.5, 0.6) is 0 Å². The Hall–Kier alpha value is -1.32. The highest BCUT2D eigenvalue weighted by Crippen LogP contribution is 2.32. The van der Waals surface area contributed by atoms with Crippen LogP contribution in [0.15, 0.2) is 30.5 Å². The first kappa shape index (κ1) is 12.7. The Morgan fingerprint density at radius 1 is 1.26 bits per heavy atom. The lowest BCUT2D eigenvalue weighted by atomic mass is 10.1. The van der Waals surface area contributed by atoms with Crippen LogP contribution < -0.4 is 0 Å². The van der Waals surface area contributed by atoms with Crippen LogP contribution in [0.25, 0.3) is 16.2 Å². The molecule has 2 nitrogen and oxygen atoms in total. The summed E-state index contributed by atoms with van der Waals surface area (Å²) in [5, 5.41) is 0. The van der Waals surface area contributed by atoms with Gasteiger partial charge >= 0.3 is 0 Å². The molecule has 3 aromatic rings. The van der Waals surface area contributed by atoms with E-state index in [0.717, 1.165) is 17.1 Å². The zero-order valence-corrected chi connectivity index (χ0v) is 12.6. The molecule has 0 saturated heterocycles. The molecule has 4 heteroatoms. The summed E-state index contributed by atoms with van der Waals surface area (Å²) < 4.78 is 2.17. The highest BCUT2D eigenvalue weighted by molar-refractivity contribution is 7.17. The summed E-state index contributed by atoms with van der Waals surface area (Å²) in [4.78, 5) is 6.72. The van der Waals surface area contributed by atoms with Gasteiger partial charge in [0.05, 0.1) is 23.5 Å². The zero-order chi connectivity index (χ0) is 13.4. The molecule has 1 aromatic carbocycles. The Morgan fingerprint density at radius 3 is 2.63 bits per heavy atom. The Kier molecular flexibility index (Phi) is 3.33. The highest BCUT2D eigenvalue weighted by Gasteiger charge is 2.14. The number of halogens is 1. The first-order valence-corrected chi connectivity index (χ1v) is 7.70. The quantitative estimate of drug-likeness (QED) is 0.641. The number of imidazole rings is 1. The molecule has 0 spiro atoms. The lowest BCUT2D eigenvalue weighted by Gasteiger charge is -2.05. The molecular formula is C15H15ClN2S. The molecule has 0 amide bonds. The molecule has 0 saturated carbocycles. The van der Waals surface area contributed by atoms with Gasteiger partial charge in [-0.05, 0) is 24.5 Å². The second-order valence-corrected chi connectivity index (χ2v) is 6.01. The lowest BCUT2D eigenvalue weighted by Crippen LogP contribution is -1.92. The van der Waals surface area contributed by atoms with Crippen LogP contribution in [-0.4, -0.2) is 9.38 Å². The third-order valence-electron chi connectivity index (χ3n) is 3.38. The summed E-state index contributed by atoms with van der Waals surface area (Å²) in [7, 11) is 0. The fourth-order valence-electron chi connectivity index (χ4n) is 2.35. The SMILES string of the molecule is CCc1ccc(-c2c(C)sc3ncc(CCl)n23)cc1. The van der Waals surface area contributed by atoms with Crippen molar-refractivity contribution in [3.05, 3.63) is 46.6 Å². The number of hydrogen-bond acceptors (Lipinski definition) is 2. The molecule has 0 N–H and O–H groups in total. The largest absolute Gasteiger partial charge is 0.286 e. The molecule has 0 unspecified atom stereocenters. The molecule has 3 rings (SSSR count). The monoisotopic (exact) mass is 290 g/mol. The summed E-state index contributed by atoms with van der Waals surface area (Å²) in [5.41, 5.74) is 4.85. The topological polar surface area (TPSA) is 17.3 Å². The maximum Gasteiger partial charge on any atom is 0.194 e. The van der Waals surface area contributed by atoms with Crippen molar-refractivity contribution in [3.8, 4) is 11.3 Å². The zero-order valence-electron chi connectivity index (χ0n) is 11.0. The van der Waals surface area contributed by atoms with Gasteiger partial charge in [0, 0.05) is 4.88 Å². The molecule has 0 aliphatic carbocycles. The number of thiazole rings is 1. The van der Waals surface area contributed by atoms with Gasteiger partial charge in [0.2, 0.25) is 0 Å². The highest BCUT2D eigenvalue weighted by atomic mass is 35.5. The van der Waals surface area contributed by atoms with E-state index >= 15 is 0 Å². The van der Waals surface area contributed by atoms with E-state index in [1.807, 2.05) is 6.20 Å². The molecule has 0 fully saturated rings. The van der Waals surface area contributed by atoms with Gasteiger partial charge in [0.15, 0.2) is 4.96 Å². The van der Waals surface area contributed by atoms with Crippen LogP contribution >= 0.6 is 22.9 Å². The van der Waals surface area contributed by atoms with Crippen molar-refractivity contribution in [2.45, 2.75) is 26.1 Å². The predicted octanol–water partition coefficient (Wildman–Crippen LogP) is 4.67. The van der Waals surface area contributed by atoms with Gasteiger partial charge in [-0.1, -0.05) is 31.2 Å². The van der Waals surface area contributed by atoms with Crippen molar-refractivity contribution in [3.63, 3.8) is 0 Å². The standard InChI is InChI=1S/C15H15ClN2S/c1-3-11-4-6-12(7-5-11)14-10(2)19-15-17-9-13(8-16)18(14)15/h4-7,9H,3,8H2,1-2H3. The second kappa shape index (κ2) is 4.99. The molecule has 2 heterocycles. The van der Waals surface area contributed by atoms with E-state index in [1.165, 1.54) is 21.7 Å². The maximum absolute atomic E-state index is 6.01. The summed E-state index contributed by atoms with van der Waals surface area (Å²) in [5.74, 6) is 0.484. The van der Waals surface area contributed by atoms with Gasteiger partial charge in [0.25, 0.3) is 0 Å². The summed E-state index contributed by atoms with van der Waals surface area (Å²) >= 11 is 7.72. The number of rotatable bonds is 3. The van der Waals surface area contributed by atoms with E-state index in [-0.39, 0.29) is 0 Å². The molecule has 0 atom stereocenters. The third-order valence-corrected chi connectivity index (χ3v) is 4.62. The van der Waals surface area contributed by atoms with E-state index < -0.39 is 0 Å². The van der Waals surface area contributed by atoms with Crippen LogP contribution in [0, 0.1) is 6.92 Å². The van der Waals surface area contributed by atoms with Crippen LogP contribution in [0.1, 0.15) is 23.1 Å². The fourth-order valence-corrected chi connectivity index (χ4v) is 3.52. The van der Waals surface area contributed by atoms with Crippen molar-refractivity contribution < 1.29 is 0 Å². The minimum absolute atomic E-state index is 0.484. The molecular weight excluding hydrogens is 276 g/mol. The van der Waals surface area contributed by atoms with Crippen molar-refractivity contribution >= 4 is 27.9 Å². The fraction of sp³-hybridized carbons (Fsp3) is 0.267. The van der Waals surface area contributed by atoms with E-state index in [4.69, 9.17) is 11.6 Å². The van der Waals surface area contributed by atoms with Crippen molar-refractivity contribution in [2.24, 2.45) is 0 Å². The van der Waals surface area contributed by atoms with Crippen molar-refractivity contribution in [1.29, 1.82) is 0 Å². The van der Waals surface area contributed by atoms with Gasteiger partial charge in [0.1, 0.15) is 0 Å². The van der Waals surface area contributed by atoms with E-state index in [2.05, 4.69) is 47.5 Å². The molecule has 0 bridgehead atoms. The van der Waals surface area contributed by atoms with Crippen LogP contribution in [-0.2, 0) is 12.3 Å². The van der Waals surface area contributed by atoms with Gasteiger partial charge in [-0.25, -0.2) is 4.98 Å². The third kappa shape index (κ3) is 2.07. The maximum atomic E-state index is 6.01. The Morgan fingerprint density at radius 2 is 2.00 bits per heavy atom. The van der Waals surface area contributed by atoms with Crippen LogP contribution in [0.3, 0.4) is 0 Å². The average Bonchev–Trinajstić information content (AvgIpc) is 2.96. The van der Waals surface area contributed by atoms with Gasteiger partial charge in [-0.3, -0.25) is 4.40 Å². The first-order chi connectivity index (χ1) is 9.24. The Balaban J connectivity index is 2.22. The van der Waals surface area contributed by atoms with E-state index in [0.29, 0.717) is 5.88 Å². The van der Waals surface area contributed by atoms with Gasteiger partial charge in [-0.2, -0.15) is 0 Å². The van der Waals surface area contributed by atoms with Gasteiger partial charge in [-0.15, -0.1) is 22.9 Å². The van der Waals surface area contributed by atoms with Crippen molar-refractivity contribution in [1.82, 2.24) is 9.38 Å². The van der Waals surface area contributed by atoms with Crippen LogP contribution in [0.2, 0.25) is 0 Å². The number of hydrogen-bond donors (Lipinski definition) is 0. The summed E-state index contributed by atoms with van der Waals surface area (Å²) in [6.07, 6.45) is 2.93.